The number of hydrogen-bond acceptors (Lipinski definition) is 1. The highest BCUT2D eigenvalue weighted by molar-refractivity contribution is 14.1. The van der Waals surface area contributed by atoms with Crippen LogP contribution in [0.4, 0.5) is 0 Å². The minimum atomic E-state index is 0.136. The molecule has 0 aliphatic heterocycles. The second-order valence-electron chi connectivity index (χ2n) is 4.55. The van der Waals surface area contributed by atoms with Crippen molar-refractivity contribution in [2.45, 2.75) is 33.1 Å². The van der Waals surface area contributed by atoms with Crippen LogP contribution in [0, 0.1) is 10.5 Å². The van der Waals surface area contributed by atoms with Crippen LogP contribution in [-0.2, 0) is 5.41 Å². The number of halogens is 1. The van der Waals surface area contributed by atoms with Crippen LogP contribution in [0.3, 0.4) is 0 Å². The van der Waals surface area contributed by atoms with Crippen LogP contribution in [0.5, 0.6) is 5.75 Å². The van der Waals surface area contributed by atoms with Crippen molar-refractivity contribution in [3.8, 4) is 5.75 Å². The summed E-state index contributed by atoms with van der Waals surface area (Å²) in [7, 11) is 1.74. The van der Waals surface area contributed by atoms with Crippen molar-refractivity contribution in [1.82, 2.24) is 0 Å². The van der Waals surface area contributed by atoms with Crippen molar-refractivity contribution in [3.63, 3.8) is 0 Å². The molecule has 0 radical (unpaired) electrons. The monoisotopic (exact) mass is 304 g/mol. The molecule has 0 N–H and O–H groups in total. The van der Waals surface area contributed by atoms with Gasteiger partial charge in [0, 0.05) is 9.13 Å². The van der Waals surface area contributed by atoms with Gasteiger partial charge in [-0.15, -0.1) is 0 Å². The van der Waals surface area contributed by atoms with Crippen molar-refractivity contribution < 1.29 is 4.74 Å². The lowest BCUT2D eigenvalue weighted by atomic mass is 9.85. The third-order valence-corrected chi connectivity index (χ3v) is 2.87. The zero-order chi connectivity index (χ0) is 10.9. The van der Waals surface area contributed by atoms with E-state index in [1.165, 1.54) is 14.7 Å². The summed E-state index contributed by atoms with van der Waals surface area (Å²) >= 11 is 2.35. The van der Waals surface area contributed by atoms with Crippen LogP contribution in [0.2, 0.25) is 0 Å². The SMILES string of the molecule is COc1c(C)cc(I)cc1C(C)(C)C. The molecule has 0 aliphatic rings. The lowest BCUT2D eigenvalue weighted by Gasteiger charge is -2.23. The molecule has 0 unspecified atom stereocenters. The standard InChI is InChI=1S/C12H17IO/c1-8-6-9(13)7-10(11(8)14-5)12(2,3)4/h6-7H,1-5H3. The van der Waals surface area contributed by atoms with Gasteiger partial charge in [-0.1, -0.05) is 20.8 Å². The largest absolute Gasteiger partial charge is 0.496 e. The van der Waals surface area contributed by atoms with E-state index < -0.39 is 0 Å². The maximum absolute atomic E-state index is 5.45. The molecule has 0 spiro atoms. The van der Waals surface area contributed by atoms with E-state index in [4.69, 9.17) is 4.74 Å². The maximum Gasteiger partial charge on any atom is 0.125 e. The molecule has 0 amide bonds. The molecule has 1 aromatic rings. The Balaban J connectivity index is 3.40. The van der Waals surface area contributed by atoms with Crippen LogP contribution in [0.1, 0.15) is 31.9 Å². The minimum absolute atomic E-state index is 0.136. The summed E-state index contributed by atoms with van der Waals surface area (Å²) in [6.45, 7) is 8.72. The molecule has 14 heavy (non-hydrogen) atoms. The second-order valence-corrected chi connectivity index (χ2v) is 5.80. The second kappa shape index (κ2) is 4.09. The maximum atomic E-state index is 5.45. The van der Waals surface area contributed by atoms with E-state index in [2.05, 4.69) is 62.4 Å². The molecule has 0 fully saturated rings. The lowest BCUT2D eigenvalue weighted by molar-refractivity contribution is 0.394. The van der Waals surface area contributed by atoms with Gasteiger partial charge in [-0.2, -0.15) is 0 Å². The lowest BCUT2D eigenvalue weighted by Crippen LogP contribution is -2.13. The van der Waals surface area contributed by atoms with Crippen molar-refractivity contribution in [2.24, 2.45) is 0 Å². The summed E-state index contributed by atoms with van der Waals surface area (Å²) in [4.78, 5) is 0. The fourth-order valence-corrected chi connectivity index (χ4v) is 2.34. The first-order valence-electron chi connectivity index (χ1n) is 4.71. The molecule has 0 heterocycles. The summed E-state index contributed by atoms with van der Waals surface area (Å²) in [6.07, 6.45) is 0. The summed E-state index contributed by atoms with van der Waals surface area (Å²) in [5, 5.41) is 0. The molecule has 0 bridgehead atoms. The van der Waals surface area contributed by atoms with E-state index in [0.717, 1.165) is 5.75 Å². The molecule has 78 valence electrons. The molecule has 1 nitrogen and oxygen atoms in total. The summed E-state index contributed by atoms with van der Waals surface area (Å²) in [5.74, 6) is 1.03. The molecular weight excluding hydrogens is 287 g/mol. The van der Waals surface area contributed by atoms with Gasteiger partial charge in [0.2, 0.25) is 0 Å². The highest BCUT2D eigenvalue weighted by Gasteiger charge is 2.20. The fourth-order valence-electron chi connectivity index (χ4n) is 1.56. The Morgan fingerprint density at radius 3 is 2.21 bits per heavy atom. The molecule has 0 aliphatic carbocycles. The van der Waals surface area contributed by atoms with Gasteiger partial charge in [0.05, 0.1) is 7.11 Å². The zero-order valence-electron chi connectivity index (χ0n) is 9.44. The summed E-state index contributed by atoms with van der Waals surface area (Å²) in [6, 6.07) is 4.35. The molecule has 1 rings (SSSR count). The Morgan fingerprint density at radius 2 is 1.79 bits per heavy atom. The highest BCUT2D eigenvalue weighted by Crippen LogP contribution is 2.35. The van der Waals surface area contributed by atoms with Gasteiger partial charge >= 0.3 is 0 Å². The van der Waals surface area contributed by atoms with Gasteiger partial charge in [0.1, 0.15) is 5.75 Å². The van der Waals surface area contributed by atoms with Crippen molar-refractivity contribution in [1.29, 1.82) is 0 Å². The van der Waals surface area contributed by atoms with Gasteiger partial charge in [-0.3, -0.25) is 0 Å². The Bertz CT molecular complexity index is 337. The third-order valence-electron chi connectivity index (χ3n) is 2.25. The predicted molar refractivity (Wildman–Crippen MR) is 69.1 cm³/mol. The summed E-state index contributed by atoms with van der Waals surface area (Å²) in [5.41, 5.74) is 2.63. The van der Waals surface area contributed by atoms with E-state index >= 15 is 0 Å². The molecule has 0 atom stereocenters. The number of hydrogen-bond donors (Lipinski definition) is 0. The minimum Gasteiger partial charge on any atom is -0.496 e. The highest BCUT2D eigenvalue weighted by atomic mass is 127. The quantitative estimate of drug-likeness (QED) is 0.715. The van der Waals surface area contributed by atoms with E-state index in [1.54, 1.807) is 7.11 Å². The van der Waals surface area contributed by atoms with Crippen LogP contribution < -0.4 is 4.74 Å². The van der Waals surface area contributed by atoms with E-state index in [9.17, 15) is 0 Å². The van der Waals surface area contributed by atoms with Gasteiger partial charge in [0.15, 0.2) is 0 Å². The molecule has 0 saturated heterocycles. The van der Waals surface area contributed by atoms with Crippen LogP contribution >= 0.6 is 22.6 Å². The number of ether oxygens (including phenoxy) is 1. The van der Waals surface area contributed by atoms with Crippen molar-refractivity contribution >= 4 is 22.6 Å². The van der Waals surface area contributed by atoms with E-state index in [-0.39, 0.29) is 5.41 Å². The smallest absolute Gasteiger partial charge is 0.125 e. The molecule has 0 saturated carbocycles. The number of benzene rings is 1. The molecular formula is C12H17IO. The topological polar surface area (TPSA) is 9.23 Å². The first-order valence-corrected chi connectivity index (χ1v) is 5.78. The predicted octanol–water partition coefficient (Wildman–Crippen LogP) is 3.91. The first-order chi connectivity index (χ1) is 6.36. The summed E-state index contributed by atoms with van der Waals surface area (Å²) < 4.78 is 6.72. The van der Waals surface area contributed by atoms with Gasteiger partial charge in [-0.25, -0.2) is 0 Å². The average Bonchev–Trinajstić information content (AvgIpc) is 2.01. The van der Waals surface area contributed by atoms with Gasteiger partial charge in [-0.05, 0) is 52.6 Å². The van der Waals surface area contributed by atoms with Crippen molar-refractivity contribution in [2.75, 3.05) is 7.11 Å². The number of aryl methyl sites for hydroxylation is 1. The van der Waals surface area contributed by atoms with Crippen LogP contribution in [-0.4, -0.2) is 7.11 Å². The average molecular weight is 304 g/mol. The Kier molecular flexibility index (Phi) is 3.45. The van der Waals surface area contributed by atoms with E-state index in [0.29, 0.717) is 0 Å². The number of rotatable bonds is 1. The van der Waals surface area contributed by atoms with Gasteiger partial charge in [0.25, 0.3) is 0 Å². The zero-order valence-corrected chi connectivity index (χ0v) is 11.6. The Labute approximate surface area is 100.0 Å². The van der Waals surface area contributed by atoms with Gasteiger partial charge < -0.3 is 4.74 Å². The Morgan fingerprint density at radius 1 is 1.21 bits per heavy atom. The third kappa shape index (κ3) is 2.41. The number of methoxy groups -OCH3 is 1. The molecule has 1 aromatic carbocycles. The van der Waals surface area contributed by atoms with Crippen LogP contribution in [0.15, 0.2) is 12.1 Å². The Hall–Kier alpha value is -0.250. The van der Waals surface area contributed by atoms with Crippen LogP contribution in [0.25, 0.3) is 0 Å². The fraction of sp³-hybridized carbons (Fsp3) is 0.500. The first kappa shape index (κ1) is 11.8. The van der Waals surface area contributed by atoms with Crippen molar-refractivity contribution in [3.05, 3.63) is 26.8 Å². The van der Waals surface area contributed by atoms with E-state index in [1.807, 2.05) is 0 Å². The molecule has 0 aromatic heterocycles. The normalized spacial score (nSPS) is 11.6. The molecule has 2 heteroatoms.